The van der Waals surface area contributed by atoms with E-state index in [0.717, 1.165) is 36.9 Å². The lowest BCUT2D eigenvalue weighted by Crippen LogP contribution is -2.17. The molecule has 0 bridgehead atoms. The van der Waals surface area contributed by atoms with Crippen LogP contribution in [0.5, 0.6) is 5.75 Å². The largest absolute Gasteiger partial charge is 0.493 e. The zero-order valence-corrected chi connectivity index (χ0v) is 15.3. The number of carbonyl (C=O) groups excluding carboxylic acids is 1. The van der Waals surface area contributed by atoms with E-state index >= 15 is 0 Å². The van der Waals surface area contributed by atoms with Gasteiger partial charge in [-0.3, -0.25) is 4.79 Å². The molecule has 0 N–H and O–H groups in total. The van der Waals surface area contributed by atoms with E-state index in [2.05, 4.69) is 40.3 Å². The van der Waals surface area contributed by atoms with Crippen LogP contribution in [0, 0.1) is 0 Å². The van der Waals surface area contributed by atoms with Crippen LogP contribution in [-0.2, 0) is 11.8 Å². The van der Waals surface area contributed by atoms with E-state index in [1.165, 1.54) is 24.8 Å². The molecule has 128 valence electrons. The molecule has 1 aromatic carbocycles. The monoisotopic (exact) mass is 316 g/mol. The van der Waals surface area contributed by atoms with Gasteiger partial charge in [-0.15, -0.1) is 6.58 Å². The van der Waals surface area contributed by atoms with Crippen LogP contribution in [0.2, 0.25) is 0 Å². The van der Waals surface area contributed by atoms with Gasteiger partial charge < -0.3 is 4.74 Å². The second-order valence-electron chi connectivity index (χ2n) is 6.81. The highest BCUT2D eigenvalue weighted by Crippen LogP contribution is 2.33. The Labute approximate surface area is 141 Å². The van der Waals surface area contributed by atoms with Gasteiger partial charge in [-0.25, -0.2) is 0 Å². The zero-order valence-electron chi connectivity index (χ0n) is 15.3. The van der Waals surface area contributed by atoms with Crippen molar-refractivity contribution in [3.8, 4) is 5.75 Å². The van der Waals surface area contributed by atoms with Gasteiger partial charge in [0.05, 0.1) is 12.2 Å². The number of hydrogen-bond acceptors (Lipinski definition) is 2. The molecule has 1 rings (SSSR count). The summed E-state index contributed by atoms with van der Waals surface area (Å²) in [6.45, 7) is 13.3. The van der Waals surface area contributed by atoms with Gasteiger partial charge >= 0.3 is 0 Å². The number of ether oxygens (including phenoxy) is 1. The van der Waals surface area contributed by atoms with E-state index in [0.29, 0.717) is 12.2 Å². The number of hydrogen-bond donors (Lipinski definition) is 0. The fraction of sp³-hybridized carbons (Fsp3) is 0.571. The number of rotatable bonds is 11. The van der Waals surface area contributed by atoms with E-state index in [4.69, 9.17) is 4.74 Å². The van der Waals surface area contributed by atoms with Gasteiger partial charge in [-0.2, -0.15) is 0 Å². The molecule has 0 radical (unpaired) electrons. The van der Waals surface area contributed by atoms with E-state index in [1.807, 2.05) is 12.1 Å². The average molecular weight is 316 g/mol. The minimum Gasteiger partial charge on any atom is -0.493 e. The molecule has 0 aliphatic heterocycles. The molecule has 0 spiro atoms. The standard InChI is InChI=1S/C21H32O2/c1-6-9-10-11-13-23-20-17(12-7-2)14-19(15-18(20)16-22)21(4,5)8-3/h7,14-16H,2,6,8-13H2,1,3-5H3. The lowest BCUT2D eigenvalue weighted by atomic mass is 9.80. The molecule has 0 aromatic heterocycles. The van der Waals surface area contributed by atoms with Crippen LogP contribution in [0.15, 0.2) is 24.8 Å². The fourth-order valence-electron chi connectivity index (χ4n) is 2.58. The number of allylic oxidation sites excluding steroid dienone is 1. The first-order chi connectivity index (χ1) is 11.0. The topological polar surface area (TPSA) is 26.3 Å². The molecule has 0 atom stereocenters. The number of unbranched alkanes of at least 4 members (excludes halogenated alkanes) is 3. The minimum atomic E-state index is 0.0489. The van der Waals surface area contributed by atoms with Gasteiger partial charge in [0.1, 0.15) is 5.75 Å². The molecule has 0 fully saturated rings. The van der Waals surface area contributed by atoms with Crippen molar-refractivity contribution in [1.82, 2.24) is 0 Å². The van der Waals surface area contributed by atoms with Crippen molar-refractivity contribution < 1.29 is 9.53 Å². The summed E-state index contributed by atoms with van der Waals surface area (Å²) in [5.74, 6) is 0.743. The molecule has 0 aliphatic rings. The predicted octanol–water partition coefficient (Wildman–Crippen LogP) is 5.87. The highest BCUT2D eigenvalue weighted by Gasteiger charge is 2.22. The summed E-state index contributed by atoms with van der Waals surface area (Å²) in [4.78, 5) is 11.6. The lowest BCUT2D eigenvalue weighted by molar-refractivity contribution is 0.111. The van der Waals surface area contributed by atoms with Gasteiger partial charge in [-0.05, 0) is 41.9 Å². The molecule has 1 aromatic rings. The van der Waals surface area contributed by atoms with Gasteiger partial charge in [0, 0.05) is 0 Å². The predicted molar refractivity (Wildman–Crippen MR) is 98.7 cm³/mol. The molecule has 0 amide bonds. The van der Waals surface area contributed by atoms with Crippen LogP contribution in [-0.4, -0.2) is 12.9 Å². The molecule has 23 heavy (non-hydrogen) atoms. The third-order valence-electron chi connectivity index (χ3n) is 4.60. The summed E-state index contributed by atoms with van der Waals surface area (Å²) < 4.78 is 5.98. The minimum absolute atomic E-state index is 0.0489. The normalized spacial score (nSPS) is 11.3. The summed E-state index contributed by atoms with van der Waals surface area (Å²) >= 11 is 0. The Morgan fingerprint density at radius 3 is 2.48 bits per heavy atom. The molecule has 0 heterocycles. The Balaban J connectivity index is 3.07. The maximum absolute atomic E-state index is 11.6. The van der Waals surface area contributed by atoms with Crippen molar-refractivity contribution in [3.05, 3.63) is 41.5 Å². The molecule has 2 heteroatoms. The third-order valence-corrected chi connectivity index (χ3v) is 4.60. The fourth-order valence-corrected chi connectivity index (χ4v) is 2.58. The smallest absolute Gasteiger partial charge is 0.153 e. The molecule has 0 saturated carbocycles. The summed E-state index contributed by atoms with van der Waals surface area (Å²) in [5, 5.41) is 0. The lowest BCUT2D eigenvalue weighted by Gasteiger charge is -2.25. The van der Waals surface area contributed by atoms with Crippen LogP contribution in [0.1, 0.15) is 81.3 Å². The second kappa shape index (κ2) is 9.54. The van der Waals surface area contributed by atoms with E-state index < -0.39 is 0 Å². The van der Waals surface area contributed by atoms with Crippen molar-refractivity contribution in [1.29, 1.82) is 0 Å². The van der Waals surface area contributed by atoms with Crippen molar-refractivity contribution in [2.45, 2.75) is 71.6 Å². The second-order valence-corrected chi connectivity index (χ2v) is 6.81. The van der Waals surface area contributed by atoms with Gasteiger partial charge in [0.2, 0.25) is 0 Å². The molecule has 0 saturated heterocycles. The Hall–Kier alpha value is -1.57. The Morgan fingerprint density at radius 2 is 1.91 bits per heavy atom. The number of benzene rings is 1. The van der Waals surface area contributed by atoms with Crippen molar-refractivity contribution in [2.75, 3.05) is 6.61 Å². The zero-order chi connectivity index (χ0) is 17.3. The molecular formula is C21H32O2. The van der Waals surface area contributed by atoms with E-state index in [1.54, 1.807) is 0 Å². The Bertz CT molecular complexity index is 515. The molecular weight excluding hydrogens is 284 g/mol. The molecule has 2 nitrogen and oxygen atoms in total. The molecule has 0 aliphatic carbocycles. The highest BCUT2D eigenvalue weighted by atomic mass is 16.5. The first-order valence-corrected chi connectivity index (χ1v) is 8.86. The third kappa shape index (κ3) is 5.53. The Morgan fingerprint density at radius 1 is 1.17 bits per heavy atom. The summed E-state index contributed by atoms with van der Waals surface area (Å²) in [6.07, 6.45) is 9.18. The highest BCUT2D eigenvalue weighted by molar-refractivity contribution is 5.81. The van der Waals surface area contributed by atoms with Gasteiger partial charge in [0.25, 0.3) is 0 Å². The SMILES string of the molecule is C=CCc1cc(C(C)(C)CC)cc(C=O)c1OCCCCCC. The quantitative estimate of drug-likeness (QED) is 0.290. The van der Waals surface area contributed by atoms with Gasteiger partial charge in [0.15, 0.2) is 6.29 Å². The Kier molecular flexibility index (Phi) is 8.08. The van der Waals surface area contributed by atoms with E-state index in [9.17, 15) is 4.79 Å². The average Bonchev–Trinajstić information content (AvgIpc) is 2.55. The summed E-state index contributed by atoms with van der Waals surface area (Å²) in [6, 6.07) is 4.17. The maximum Gasteiger partial charge on any atom is 0.153 e. The van der Waals surface area contributed by atoms with Crippen molar-refractivity contribution >= 4 is 6.29 Å². The van der Waals surface area contributed by atoms with Crippen LogP contribution in [0.4, 0.5) is 0 Å². The van der Waals surface area contributed by atoms with E-state index in [-0.39, 0.29) is 5.41 Å². The first kappa shape index (κ1) is 19.5. The maximum atomic E-state index is 11.6. The van der Waals surface area contributed by atoms with Crippen molar-refractivity contribution in [3.63, 3.8) is 0 Å². The van der Waals surface area contributed by atoms with Crippen molar-refractivity contribution in [2.24, 2.45) is 0 Å². The van der Waals surface area contributed by atoms with Crippen LogP contribution in [0.3, 0.4) is 0 Å². The van der Waals surface area contributed by atoms with Crippen LogP contribution >= 0.6 is 0 Å². The first-order valence-electron chi connectivity index (χ1n) is 8.86. The molecule has 0 unspecified atom stereocenters. The van der Waals surface area contributed by atoms with Crippen LogP contribution in [0.25, 0.3) is 0 Å². The summed E-state index contributed by atoms with van der Waals surface area (Å²) in [5.41, 5.74) is 2.97. The number of aldehydes is 1. The van der Waals surface area contributed by atoms with Crippen LogP contribution < -0.4 is 4.74 Å². The van der Waals surface area contributed by atoms with Gasteiger partial charge in [-0.1, -0.05) is 59.1 Å². The summed E-state index contributed by atoms with van der Waals surface area (Å²) in [7, 11) is 0. The number of carbonyl (C=O) groups is 1.